The first-order chi connectivity index (χ1) is 31.0. The van der Waals surface area contributed by atoms with Gasteiger partial charge in [-0.1, -0.05) is 32.3 Å². The standard InChI is InChI=1S/C45H51N11O8/c1-4-31-40-52-51-25(2)55(40)33-22-46-45(50-39(33)54(31)23-26-9-6-5-7-10-26)48-30-14-13-27(21-35(30)63-3)41(59)47-28-17-19-53(20-18-28)37(58)24-64-34-12-8-11-29-38(34)44(62)56(43(29)61)32-15-16-36(57)49-42(32)60/h8,11-14,21-22,26,28,31-32H,4-7,9-10,15-20,23-24H2,1-3H3,(H,47,59)(H,46,48,50)(H,49,57,60). The fourth-order valence-corrected chi connectivity index (χ4v) is 9.67. The van der Waals surface area contributed by atoms with Gasteiger partial charge in [0.05, 0.1) is 36.2 Å². The quantitative estimate of drug-likeness (QED) is 0.170. The number of rotatable bonds is 12. The van der Waals surface area contributed by atoms with Crippen molar-refractivity contribution < 1.29 is 38.2 Å². The van der Waals surface area contributed by atoms with Crippen LogP contribution in [-0.4, -0.2) is 115 Å². The van der Waals surface area contributed by atoms with Gasteiger partial charge in [0.25, 0.3) is 23.6 Å². The molecule has 2 aromatic heterocycles. The van der Waals surface area contributed by atoms with Crippen molar-refractivity contribution in [2.75, 3.05) is 43.6 Å². The summed E-state index contributed by atoms with van der Waals surface area (Å²) in [6.07, 6.45) is 9.85. The Balaban J connectivity index is 0.809. The first-order valence-electron chi connectivity index (χ1n) is 22.1. The molecule has 4 aliphatic heterocycles. The Hall–Kier alpha value is -6.92. The van der Waals surface area contributed by atoms with E-state index in [1.807, 2.05) is 13.1 Å². The second-order valence-corrected chi connectivity index (χ2v) is 17.0. The number of hydrogen-bond donors (Lipinski definition) is 3. The third kappa shape index (κ3) is 7.98. The number of aromatic nitrogens is 5. The van der Waals surface area contributed by atoms with Gasteiger partial charge in [-0.15, -0.1) is 10.2 Å². The first kappa shape index (κ1) is 42.4. The van der Waals surface area contributed by atoms with Crippen LogP contribution < -0.4 is 30.3 Å². The van der Waals surface area contributed by atoms with Crippen LogP contribution in [0, 0.1) is 12.8 Å². The van der Waals surface area contributed by atoms with Crippen molar-refractivity contribution in [2.24, 2.45) is 5.92 Å². The van der Waals surface area contributed by atoms with Gasteiger partial charge >= 0.3 is 0 Å². The molecule has 3 fully saturated rings. The molecule has 334 valence electrons. The molecule has 2 saturated heterocycles. The van der Waals surface area contributed by atoms with E-state index in [2.05, 4.69) is 42.5 Å². The molecule has 19 nitrogen and oxygen atoms in total. The maximum absolute atomic E-state index is 13.5. The summed E-state index contributed by atoms with van der Waals surface area (Å²) in [7, 11) is 1.54. The molecule has 0 spiro atoms. The first-order valence-corrected chi connectivity index (χ1v) is 22.1. The molecule has 0 bridgehead atoms. The highest BCUT2D eigenvalue weighted by Gasteiger charge is 2.46. The number of hydrogen-bond acceptors (Lipinski definition) is 14. The summed E-state index contributed by atoms with van der Waals surface area (Å²) >= 11 is 0. The number of ether oxygens (including phenoxy) is 2. The molecule has 19 heteroatoms. The van der Waals surface area contributed by atoms with E-state index >= 15 is 0 Å². The number of nitrogens with zero attached hydrogens (tertiary/aromatic N) is 8. The number of carbonyl (C=O) groups is 6. The Morgan fingerprint density at radius 3 is 2.48 bits per heavy atom. The molecule has 64 heavy (non-hydrogen) atoms. The zero-order chi connectivity index (χ0) is 44.6. The average Bonchev–Trinajstić information content (AvgIpc) is 3.81. The molecule has 0 radical (unpaired) electrons. The van der Waals surface area contributed by atoms with Crippen LogP contribution in [0.3, 0.4) is 0 Å². The summed E-state index contributed by atoms with van der Waals surface area (Å²) in [5.41, 5.74) is 1.88. The van der Waals surface area contributed by atoms with Crippen molar-refractivity contribution >= 4 is 52.9 Å². The summed E-state index contributed by atoms with van der Waals surface area (Å²) in [6, 6.07) is 8.37. The minimum absolute atomic E-state index is 0.00141. The highest BCUT2D eigenvalue weighted by molar-refractivity contribution is 6.24. The fraction of sp³-hybridized carbons (Fsp3) is 0.467. The number of nitrogens with one attached hydrogen (secondary N) is 3. The van der Waals surface area contributed by atoms with Crippen LogP contribution in [0.2, 0.25) is 0 Å². The van der Waals surface area contributed by atoms with Crippen LogP contribution >= 0.6 is 0 Å². The van der Waals surface area contributed by atoms with Gasteiger partial charge in [0.2, 0.25) is 17.8 Å². The lowest BCUT2D eigenvalue weighted by atomic mass is 9.88. The summed E-state index contributed by atoms with van der Waals surface area (Å²) in [5, 5.41) is 17.6. The number of likely N-dealkylation sites (tertiary alicyclic amines) is 1. The molecule has 6 amide bonds. The molecule has 2 aromatic carbocycles. The van der Waals surface area contributed by atoms with Crippen LogP contribution in [0.15, 0.2) is 42.6 Å². The highest BCUT2D eigenvalue weighted by Crippen LogP contribution is 2.41. The largest absolute Gasteiger partial charge is 0.495 e. The Morgan fingerprint density at radius 2 is 1.73 bits per heavy atom. The summed E-state index contributed by atoms with van der Waals surface area (Å²) in [6.45, 7) is 5.33. The molecule has 5 aliphatic rings. The number of anilines is 3. The maximum Gasteiger partial charge on any atom is 0.266 e. The normalized spacial score (nSPS) is 20.1. The Kier molecular flexibility index (Phi) is 11.7. The lowest BCUT2D eigenvalue weighted by molar-refractivity contribution is -0.136. The Bertz CT molecular complexity index is 2530. The van der Waals surface area contributed by atoms with E-state index < -0.39 is 29.7 Å². The van der Waals surface area contributed by atoms with Crippen LogP contribution in [-0.2, 0) is 14.4 Å². The number of fused-ring (bicyclic) bond motifs is 4. The van der Waals surface area contributed by atoms with Crippen LogP contribution in [0.1, 0.15) is 120 Å². The lowest BCUT2D eigenvalue weighted by Gasteiger charge is -2.39. The summed E-state index contributed by atoms with van der Waals surface area (Å²) < 4.78 is 13.6. The van der Waals surface area contributed by atoms with Gasteiger partial charge in [-0.25, -0.2) is 4.98 Å². The van der Waals surface area contributed by atoms with Crippen molar-refractivity contribution in [3.63, 3.8) is 0 Å². The number of imide groups is 2. The predicted octanol–water partition coefficient (Wildman–Crippen LogP) is 4.17. The zero-order valence-corrected chi connectivity index (χ0v) is 36.1. The number of carbonyl (C=O) groups excluding carboxylic acids is 6. The van der Waals surface area contributed by atoms with Gasteiger partial charge in [0.15, 0.2) is 18.2 Å². The van der Waals surface area contributed by atoms with Gasteiger partial charge < -0.3 is 29.9 Å². The van der Waals surface area contributed by atoms with Crippen LogP contribution in [0.25, 0.3) is 5.69 Å². The van der Waals surface area contributed by atoms with Crippen molar-refractivity contribution in [3.05, 3.63) is 70.9 Å². The number of aryl methyl sites for hydroxylation is 1. The SMILES string of the molecule is CCC1c2nnc(C)n2-c2cnc(Nc3ccc(C(=O)NC4CCN(C(=O)COc5cccc6c5C(=O)N(C5CCC(=O)NC5=O)C6=O)CC4)cc3OC)nc2N1CC1CCCCC1. The molecule has 6 heterocycles. The fourth-order valence-electron chi connectivity index (χ4n) is 9.67. The van der Waals surface area contributed by atoms with E-state index in [0.717, 1.165) is 41.0 Å². The van der Waals surface area contributed by atoms with E-state index in [1.165, 1.54) is 50.3 Å². The molecule has 1 saturated carbocycles. The van der Waals surface area contributed by atoms with Crippen molar-refractivity contribution in [2.45, 2.75) is 96.2 Å². The van der Waals surface area contributed by atoms with Gasteiger partial charge in [-0.3, -0.25) is 43.6 Å². The summed E-state index contributed by atoms with van der Waals surface area (Å²) in [5.74, 6) is 0.815. The number of piperidine rings is 2. The second-order valence-electron chi connectivity index (χ2n) is 17.0. The van der Waals surface area contributed by atoms with Crippen LogP contribution in [0.5, 0.6) is 11.5 Å². The van der Waals surface area contributed by atoms with E-state index in [-0.39, 0.29) is 60.2 Å². The minimum atomic E-state index is -1.12. The molecular formula is C45H51N11O8. The molecular weight excluding hydrogens is 823 g/mol. The Labute approximate surface area is 369 Å². The number of amides is 6. The van der Waals surface area contributed by atoms with Crippen molar-refractivity contribution in [1.82, 2.24) is 45.2 Å². The second kappa shape index (κ2) is 17.7. The van der Waals surface area contributed by atoms with Gasteiger partial charge in [-0.05, 0) is 81.7 Å². The number of benzene rings is 2. The monoisotopic (exact) mass is 873 g/mol. The smallest absolute Gasteiger partial charge is 0.266 e. The molecule has 2 atom stereocenters. The molecule has 3 N–H and O–H groups in total. The van der Waals surface area contributed by atoms with E-state index in [1.54, 1.807) is 30.2 Å². The van der Waals surface area contributed by atoms with E-state index in [0.29, 0.717) is 54.8 Å². The Morgan fingerprint density at radius 1 is 0.938 bits per heavy atom. The minimum Gasteiger partial charge on any atom is -0.495 e. The molecule has 4 aromatic rings. The maximum atomic E-state index is 13.5. The average molecular weight is 874 g/mol. The van der Waals surface area contributed by atoms with Crippen molar-refractivity contribution in [1.29, 1.82) is 0 Å². The molecule has 9 rings (SSSR count). The molecule has 2 unspecified atom stereocenters. The zero-order valence-electron chi connectivity index (χ0n) is 36.1. The number of methoxy groups -OCH3 is 1. The topological polar surface area (TPSA) is 223 Å². The van der Waals surface area contributed by atoms with E-state index in [9.17, 15) is 28.8 Å². The predicted molar refractivity (Wildman–Crippen MR) is 231 cm³/mol. The van der Waals surface area contributed by atoms with Gasteiger partial charge in [-0.2, -0.15) is 4.98 Å². The third-order valence-electron chi connectivity index (χ3n) is 13.0. The van der Waals surface area contributed by atoms with E-state index in [4.69, 9.17) is 19.4 Å². The van der Waals surface area contributed by atoms with Gasteiger partial charge in [0, 0.05) is 37.7 Å². The highest BCUT2D eigenvalue weighted by atomic mass is 16.5. The summed E-state index contributed by atoms with van der Waals surface area (Å²) in [4.78, 5) is 92.2. The lowest BCUT2D eigenvalue weighted by Crippen LogP contribution is -2.54. The third-order valence-corrected chi connectivity index (χ3v) is 13.0. The van der Waals surface area contributed by atoms with Crippen LogP contribution in [0.4, 0.5) is 17.5 Å². The van der Waals surface area contributed by atoms with Crippen molar-refractivity contribution in [3.8, 4) is 17.2 Å². The molecule has 1 aliphatic carbocycles. The van der Waals surface area contributed by atoms with Gasteiger partial charge in [0.1, 0.15) is 29.1 Å².